The number of esters is 1. The zero-order chi connectivity index (χ0) is 13.7. The van der Waals surface area contributed by atoms with Crippen LogP contribution in [0, 0.1) is 11.3 Å². The minimum Gasteiger partial charge on any atom is -0.468 e. The number of nitrogens with zero attached hydrogens (tertiary/aromatic N) is 2. The van der Waals surface area contributed by atoms with E-state index in [1.54, 1.807) is 12.1 Å². The first kappa shape index (κ1) is 13.5. The van der Waals surface area contributed by atoms with Gasteiger partial charge in [-0.15, -0.1) is 0 Å². The SMILES string of the molecule is COC(=O)C1COCCN1Cc1ccc(C#N)cc1. The van der Waals surface area contributed by atoms with Crippen molar-refractivity contribution in [2.75, 3.05) is 26.9 Å². The Morgan fingerprint density at radius 2 is 2.26 bits per heavy atom. The van der Waals surface area contributed by atoms with Crippen molar-refractivity contribution in [1.82, 2.24) is 4.90 Å². The first-order chi connectivity index (χ1) is 9.24. The van der Waals surface area contributed by atoms with E-state index >= 15 is 0 Å². The molecule has 1 fully saturated rings. The lowest BCUT2D eigenvalue weighted by Gasteiger charge is -2.33. The summed E-state index contributed by atoms with van der Waals surface area (Å²) in [7, 11) is 1.39. The van der Waals surface area contributed by atoms with Gasteiger partial charge in [-0.2, -0.15) is 5.26 Å². The molecule has 0 aromatic heterocycles. The fourth-order valence-electron chi connectivity index (χ4n) is 2.10. The monoisotopic (exact) mass is 260 g/mol. The molecule has 0 spiro atoms. The second-order valence-corrected chi connectivity index (χ2v) is 4.39. The van der Waals surface area contributed by atoms with E-state index in [0.29, 0.717) is 31.9 Å². The van der Waals surface area contributed by atoms with Crippen LogP contribution < -0.4 is 0 Å². The molecule has 1 aromatic carbocycles. The predicted molar refractivity (Wildman–Crippen MR) is 68.2 cm³/mol. The highest BCUT2D eigenvalue weighted by atomic mass is 16.5. The summed E-state index contributed by atoms with van der Waals surface area (Å²) < 4.78 is 10.1. The number of carbonyl (C=O) groups is 1. The van der Waals surface area contributed by atoms with Gasteiger partial charge in [-0.05, 0) is 17.7 Å². The summed E-state index contributed by atoms with van der Waals surface area (Å²) >= 11 is 0. The minimum absolute atomic E-state index is 0.270. The van der Waals surface area contributed by atoms with Gasteiger partial charge in [0.2, 0.25) is 0 Å². The van der Waals surface area contributed by atoms with Crippen LogP contribution in [0.3, 0.4) is 0 Å². The summed E-state index contributed by atoms with van der Waals surface area (Å²) in [5, 5.41) is 8.76. The van der Waals surface area contributed by atoms with Crippen molar-refractivity contribution in [2.24, 2.45) is 0 Å². The topological polar surface area (TPSA) is 62.6 Å². The number of hydrogen-bond acceptors (Lipinski definition) is 5. The van der Waals surface area contributed by atoms with E-state index in [1.165, 1.54) is 7.11 Å². The van der Waals surface area contributed by atoms with E-state index in [9.17, 15) is 4.79 Å². The van der Waals surface area contributed by atoms with Gasteiger partial charge >= 0.3 is 5.97 Å². The standard InChI is InChI=1S/C14H16N2O3/c1-18-14(17)13-10-19-7-6-16(13)9-12-4-2-11(8-15)3-5-12/h2-5,13H,6-7,9-10H2,1H3. The Labute approximate surface area is 112 Å². The normalized spacial score (nSPS) is 19.7. The fourth-order valence-corrected chi connectivity index (χ4v) is 2.10. The summed E-state index contributed by atoms with van der Waals surface area (Å²) in [6.07, 6.45) is 0. The number of methoxy groups -OCH3 is 1. The molecule has 0 radical (unpaired) electrons. The molecule has 5 nitrogen and oxygen atoms in total. The lowest BCUT2D eigenvalue weighted by molar-refractivity contribution is -0.153. The number of ether oxygens (including phenoxy) is 2. The molecular weight excluding hydrogens is 244 g/mol. The van der Waals surface area contributed by atoms with E-state index < -0.39 is 0 Å². The molecule has 100 valence electrons. The van der Waals surface area contributed by atoms with Crippen LogP contribution in [0.1, 0.15) is 11.1 Å². The summed E-state index contributed by atoms with van der Waals surface area (Å²) in [6, 6.07) is 9.11. The Bertz CT molecular complexity index is 478. The van der Waals surface area contributed by atoms with Crippen LogP contribution in [-0.2, 0) is 20.8 Å². The molecule has 2 rings (SSSR count). The van der Waals surface area contributed by atoms with Gasteiger partial charge < -0.3 is 9.47 Å². The Balaban J connectivity index is 2.06. The highest BCUT2D eigenvalue weighted by molar-refractivity contribution is 5.75. The van der Waals surface area contributed by atoms with Crippen LogP contribution in [0.15, 0.2) is 24.3 Å². The molecule has 0 saturated carbocycles. The number of benzene rings is 1. The first-order valence-corrected chi connectivity index (χ1v) is 6.13. The lowest BCUT2D eigenvalue weighted by atomic mass is 10.1. The van der Waals surface area contributed by atoms with Crippen molar-refractivity contribution in [1.29, 1.82) is 5.26 Å². The molecule has 0 aliphatic carbocycles. The maximum absolute atomic E-state index is 11.7. The van der Waals surface area contributed by atoms with Crippen molar-refractivity contribution in [3.63, 3.8) is 0 Å². The van der Waals surface area contributed by atoms with E-state index in [0.717, 1.165) is 5.56 Å². The van der Waals surface area contributed by atoms with Gasteiger partial charge in [0.05, 0.1) is 32.0 Å². The molecular formula is C14H16N2O3. The van der Waals surface area contributed by atoms with Crippen LogP contribution in [-0.4, -0.2) is 43.8 Å². The van der Waals surface area contributed by atoms with Crippen LogP contribution in [0.2, 0.25) is 0 Å². The van der Waals surface area contributed by atoms with Gasteiger partial charge in [0.15, 0.2) is 0 Å². The van der Waals surface area contributed by atoms with Gasteiger partial charge in [0.1, 0.15) is 6.04 Å². The fraction of sp³-hybridized carbons (Fsp3) is 0.429. The highest BCUT2D eigenvalue weighted by Crippen LogP contribution is 2.14. The van der Waals surface area contributed by atoms with E-state index in [4.69, 9.17) is 14.7 Å². The Hall–Kier alpha value is -1.90. The van der Waals surface area contributed by atoms with Gasteiger partial charge in [0.25, 0.3) is 0 Å². The third kappa shape index (κ3) is 3.31. The molecule has 0 amide bonds. The van der Waals surface area contributed by atoms with Crippen molar-refractivity contribution in [3.8, 4) is 6.07 Å². The van der Waals surface area contributed by atoms with Crippen molar-refractivity contribution in [2.45, 2.75) is 12.6 Å². The van der Waals surface area contributed by atoms with Gasteiger partial charge in [-0.25, -0.2) is 0 Å². The molecule has 5 heteroatoms. The van der Waals surface area contributed by atoms with E-state index in [2.05, 4.69) is 6.07 Å². The minimum atomic E-state index is -0.352. The third-order valence-electron chi connectivity index (χ3n) is 3.18. The molecule has 19 heavy (non-hydrogen) atoms. The van der Waals surface area contributed by atoms with E-state index in [-0.39, 0.29) is 12.0 Å². The smallest absolute Gasteiger partial charge is 0.325 e. The number of nitriles is 1. The van der Waals surface area contributed by atoms with Crippen molar-refractivity contribution in [3.05, 3.63) is 35.4 Å². The summed E-state index contributed by atoms with van der Waals surface area (Å²) in [4.78, 5) is 13.7. The number of rotatable bonds is 3. The van der Waals surface area contributed by atoms with Gasteiger partial charge in [-0.1, -0.05) is 12.1 Å². The number of carbonyl (C=O) groups excluding carboxylic acids is 1. The van der Waals surface area contributed by atoms with E-state index in [1.807, 2.05) is 17.0 Å². The molecule has 1 aliphatic heterocycles. The van der Waals surface area contributed by atoms with Crippen LogP contribution >= 0.6 is 0 Å². The molecule has 1 heterocycles. The van der Waals surface area contributed by atoms with Crippen molar-refractivity contribution < 1.29 is 14.3 Å². The molecule has 1 unspecified atom stereocenters. The molecule has 0 N–H and O–H groups in total. The molecule has 1 aromatic rings. The van der Waals surface area contributed by atoms with Crippen LogP contribution in [0.5, 0.6) is 0 Å². The second kappa shape index (κ2) is 6.32. The maximum Gasteiger partial charge on any atom is 0.325 e. The average Bonchev–Trinajstić information content (AvgIpc) is 2.48. The Morgan fingerprint density at radius 3 is 2.89 bits per heavy atom. The average molecular weight is 260 g/mol. The zero-order valence-electron chi connectivity index (χ0n) is 10.8. The quantitative estimate of drug-likeness (QED) is 0.757. The number of morpholine rings is 1. The molecule has 1 saturated heterocycles. The molecule has 1 atom stereocenters. The summed E-state index contributed by atoms with van der Waals surface area (Å²) in [5.41, 5.74) is 1.70. The lowest BCUT2D eigenvalue weighted by Crippen LogP contribution is -2.49. The highest BCUT2D eigenvalue weighted by Gasteiger charge is 2.30. The van der Waals surface area contributed by atoms with Gasteiger partial charge in [-0.3, -0.25) is 9.69 Å². The largest absolute Gasteiger partial charge is 0.468 e. The second-order valence-electron chi connectivity index (χ2n) is 4.39. The van der Waals surface area contributed by atoms with Crippen LogP contribution in [0.4, 0.5) is 0 Å². The third-order valence-corrected chi connectivity index (χ3v) is 3.18. The summed E-state index contributed by atoms with van der Waals surface area (Å²) in [5.74, 6) is -0.270. The zero-order valence-corrected chi connectivity index (χ0v) is 10.8. The van der Waals surface area contributed by atoms with Crippen molar-refractivity contribution >= 4 is 5.97 Å². The maximum atomic E-state index is 11.7. The first-order valence-electron chi connectivity index (χ1n) is 6.13. The molecule has 1 aliphatic rings. The van der Waals surface area contributed by atoms with Crippen LogP contribution in [0.25, 0.3) is 0 Å². The number of hydrogen-bond donors (Lipinski definition) is 0. The Kier molecular flexibility index (Phi) is 4.50. The Morgan fingerprint density at radius 1 is 1.53 bits per heavy atom. The molecule has 0 bridgehead atoms. The predicted octanol–water partition coefficient (Wildman–Crippen LogP) is 0.932. The summed E-state index contributed by atoms with van der Waals surface area (Å²) in [6.45, 7) is 2.32. The van der Waals surface area contributed by atoms with Gasteiger partial charge in [0, 0.05) is 13.1 Å².